The van der Waals surface area contributed by atoms with Crippen molar-refractivity contribution in [2.24, 2.45) is 11.8 Å². The number of fused-ring (bicyclic) bond motifs is 1. The molecule has 56 valence electrons. The fourth-order valence-electron chi connectivity index (χ4n) is 2.13. The maximum absolute atomic E-state index is 3.69. The first-order valence-corrected chi connectivity index (χ1v) is 4.24. The molecule has 0 heterocycles. The summed E-state index contributed by atoms with van der Waals surface area (Å²) in [6.07, 6.45) is 6.33. The van der Waals surface area contributed by atoms with Crippen molar-refractivity contribution in [3.05, 3.63) is 12.7 Å². The maximum atomic E-state index is 3.69. The Kier molecular flexibility index (Phi) is 1.53. The minimum Gasteiger partial charge on any atom is -0.311 e. The molecule has 1 heteroatoms. The summed E-state index contributed by atoms with van der Waals surface area (Å²) in [5, 5.41) is 3.47. The fraction of sp³-hybridized carbons (Fsp3) is 0.778. The van der Waals surface area contributed by atoms with Crippen LogP contribution < -0.4 is 5.32 Å². The van der Waals surface area contributed by atoms with Gasteiger partial charge in [-0.2, -0.15) is 0 Å². The minimum atomic E-state index is 0.821. The van der Waals surface area contributed by atoms with Crippen molar-refractivity contribution in [3.63, 3.8) is 0 Å². The Balaban J connectivity index is 1.70. The summed E-state index contributed by atoms with van der Waals surface area (Å²) < 4.78 is 0. The number of hydrogen-bond donors (Lipinski definition) is 1. The van der Waals surface area contributed by atoms with E-state index in [2.05, 4.69) is 11.9 Å². The Bertz CT molecular complexity index is 132. The van der Waals surface area contributed by atoms with Crippen LogP contribution in [0, 0.1) is 11.8 Å². The van der Waals surface area contributed by atoms with Crippen LogP contribution in [0.5, 0.6) is 0 Å². The highest BCUT2D eigenvalue weighted by Crippen LogP contribution is 2.51. The van der Waals surface area contributed by atoms with Crippen molar-refractivity contribution in [2.75, 3.05) is 6.54 Å². The van der Waals surface area contributed by atoms with E-state index >= 15 is 0 Å². The van der Waals surface area contributed by atoms with Gasteiger partial charge < -0.3 is 5.32 Å². The summed E-state index contributed by atoms with van der Waals surface area (Å²) in [4.78, 5) is 0. The van der Waals surface area contributed by atoms with Gasteiger partial charge in [-0.05, 0) is 31.1 Å². The van der Waals surface area contributed by atoms with Crippen LogP contribution in [0.2, 0.25) is 0 Å². The van der Waals surface area contributed by atoms with Crippen LogP contribution in [-0.2, 0) is 0 Å². The molecule has 10 heavy (non-hydrogen) atoms. The van der Waals surface area contributed by atoms with Crippen molar-refractivity contribution in [3.8, 4) is 0 Å². The van der Waals surface area contributed by atoms with E-state index in [1.165, 1.54) is 19.3 Å². The van der Waals surface area contributed by atoms with Gasteiger partial charge in [-0.3, -0.25) is 0 Å². The zero-order valence-corrected chi connectivity index (χ0v) is 6.34. The molecule has 0 bridgehead atoms. The SMILES string of the molecule is C=CCNC1C[C@@H]2C[C@@H]2C1. The summed E-state index contributed by atoms with van der Waals surface area (Å²) in [6, 6.07) is 0.821. The van der Waals surface area contributed by atoms with Gasteiger partial charge in [0.25, 0.3) is 0 Å². The van der Waals surface area contributed by atoms with Crippen LogP contribution in [0.15, 0.2) is 12.7 Å². The second-order valence-corrected chi connectivity index (χ2v) is 3.62. The first kappa shape index (κ1) is 6.41. The lowest BCUT2D eigenvalue weighted by molar-refractivity contribution is 0.505. The molecule has 0 amide bonds. The van der Waals surface area contributed by atoms with Gasteiger partial charge in [-0.15, -0.1) is 6.58 Å². The Labute approximate surface area is 62.5 Å². The standard InChI is InChI=1S/C9H15N/c1-2-3-10-9-5-7-4-8(7)6-9/h2,7-10H,1,3-6H2/t7-,8+,9?. The molecular formula is C9H15N. The van der Waals surface area contributed by atoms with Gasteiger partial charge in [0.2, 0.25) is 0 Å². The normalized spacial score (nSPS) is 43.0. The molecule has 0 radical (unpaired) electrons. The van der Waals surface area contributed by atoms with Gasteiger partial charge in [0, 0.05) is 12.6 Å². The lowest BCUT2D eigenvalue weighted by Gasteiger charge is -2.11. The molecule has 3 atom stereocenters. The van der Waals surface area contributed by atoms with Gasteiger partial charge in [0.1, 0.15) is 0 Å². The largest absolute Gasteiger partial charge is 0.311 e. The molecule has 0 spiro atoms. The van der Waals surface area contributed by atoms with Crippen LogP contribution >= 0.6 is 0 Å². The van der Waals surface area contributed by atoms with Gasteiger partial charge in [-0.1, -0.05) is 6.08 Å². The monoisotopic (exact) mass is 137 g/mol. The van der Waals surface area contributed by atoms with E-state index in [0.717, 1.165) is 24.4 Å². The molecule has 2 rings (SSSR count). The molecule has 2 aliphatic carbocycles. The van der Waals surface area contributed by atoms with Crippen molar-refractivity contribution in [2.45, 2.75) is 25.3 Å². The van der Waals surface area contributed by atoms with Gasteiger partial charge in [0.05, 0.1) is 0 Å². The molecule has 0 aliphatic heterocycles. The number of rotatable bonds is 3. The molecule has 1 unspecified atom stereocenters. The number of nitrogens with one attached hydrogen (secondary N) is 1. The first-order chi connectivity index (χ1) is 4.90. The zero-order valence-electron chi connectivity index (χ0n) is 6.34. The van der Waals surface area contributed by atoms with Crippen LogP contribution in [0.25, 0.3) is 0 Å². The maximum Gasteiger partial charge on any atom is 0.0134 e. The molecule has 0 saturated heterocycles. The summed E-state index contributed by atoms with van der Waals surface area (Å²) in [5.41, 5.74) is 0. The van der Waals surface area contributed by atoms with Crippen molar-refractivity contribution in [1.82, 2.24) is 5.32 Å². The van der Waals surface area contributed by atoms with E-state index in [9.17, 15) is 0 Å². The van der Waals surface area contributed by atoms with Crippen LogP contribution in [0.4, 0.5) is 0 Å². The Morgan fingerprint density at radius 1 is 1.30 bits per heavy atom. The lowest BCUT2D eigenvalue weighted by Crippen LogP contribution is -2.27. The van der Waals surface area contributed by atoms with Crippen LogP contribution in [0.3, 0.4) is 0 Å². The van der Waals surface area contributed by atoms with E-state index in [4.69, 9.17) is 0 Å². The average Bonchev–Trinajstić information content (AvgIpc) is 2.56. The molecular weight excluding hydrogens is 122 g/mol. The van der Waals surface area contributed by atoms with Crippen molar-refractivity contribution in [1.29, 1.82) is 0 Å². The molecule has 1 N–H and O–H groups in total. The van der Waals surface area contributed by atoms with E-state index in [1.807, 2.05) is 6.08 Å². The zero-order chi connectivity index (χ0) is 6.97. The molecule has 0 aromatic heterocycles. The highest BCUT2D eigenvalue weighted by molar-refractivity contribution is 4.99. The average molecular weight is 137 g/mol. The fourth-order valence-corrected chi connectivity index (χ4v) is 2.13. The van der Waals surface area contributed by atoms with E-state index in [-0.39, 0.29) is 0 Å². The Hall–Kier alpha value is -0.300. The van der Waals surface area contributed by atoms with Crippen molar-refractivity contribution < 1.29 is 0 Å². The second kappa shape index (κ2) is 2.39. The Morgan fingerprint density at radius 3 is 2.60 bits per heavy atom. The van der Waals surface area contributed by atoms with Crippen molar-refractivity contribution >= 4 is 0 Å². The Morgan fingerprint density at radius 2 is 2.00 bits per heavy atom. The highest BCUT2D eigenvalue weighted by Gasteiger charge is 2.45. The quantitative estimate of drug-likeness (QED) is 0.582. The predicted molar refractivity (Wildman–Crippen MR) is 42.8 cm³/mol. The van der Waals surface area contributed by atoms with Gasteiger partial charge in [-0.25, -0.2) is 0 Å². The molecule has 2 fully saturated rings. The lowest BCUT2D eigenvalue weighted by atomic mass is 10.1. The minimum absolute atomic E-state index is 0.821. The summed E-state index contributed by atoms with van der Waals surface area (Å²) in [6.45, 7) is 4.68. The smallest absolute Gasteiger partial charge is 0.0134 e. The molecule has 0 aromatic rings. The van der Waals surface area contributed by atoms with Gasteiger partial charge in [0.15, 0.2) is 0 Å². The van der Waals surface area contributed by atoms with Crippen LogP contribution in [-0.4, -0.2) is 12.6 Å². The molecule has 1 nitrogen and oxygen atoms in total. The third-order valence-electron chi connectivity index (χ3n) is 2.79. The third-order valence-corrected chi connectivity index (χ3v) is 2.79. The highest BCUT2D eigenvalue weighted by atomic mass is 14.9. The molecule has 2 aliphatic rings. The number of hydrogen-bond acceptors (Lipinski definition) is 1. The summed E-state index contributed by atoms with van der Waals surface area (Å²) in [7, 11) is 0. The first-order valence-electron chi connectivity index (χ1n) is 4.24. The van der Waals surface area contributed by atoms with Crippen LogP contribution in [0.1, 0.15) is 19.3 Å². The molecule has 2 saturated carbocycles. The third kappa shape index (κ3) is 1.10. The topological polar surface area (TPSA) is 12.0 Å². The van der Waals surface area contributed by atoms with E-state index in [1.54, 1.807) is 0 Å². The second-order valence-electron chi connectivity index (χ2n) is 3.62. The van der Waals surface area contributed by atoms with Gasteiger partial charge >= 0.3 is 0 Å². The van der Waals surface area contributed by atoms with E-state index in [0.29, 0.717) is 0 Å². The summed E-state index contributed by atoms with van der Waals surface area (Å²) in [5.74, 6) is 2.20. The summed E-state index contributed by atoms with van der Waals surface area (Å²) >= 11 is 0. The van der Waals surface area contributed by atoms with E-state index < -0.39 is 0 Å². The molecule has 0 aromatic carbocycles. The predicted octanol–water partition coefficient (Wildman–Crippen LogP) is 1.56.